The molecule has 20 heavy (non-hydrogen) atoms. The zero-order chi connectivity index (χ0) is 14.8. The molecule has 1 aromatic carbocycles. The summed E-state index contributed by atoms with van der Waals surface area (Å²) in [4.78, 5) is 23.3. The average molecular weight is 276 g/mol. The van der Waals surface area contributed by atoms with Gasteiger partial charge in [0.1, 0.15) is 0 Å². The molecule has 4 nitrogen and oxygen atoms in total. The number of carbonyl (C=O) groups excluding carboxylic acids is 2. The first-order valence-electron chi connectivity index (χ1n) is 6.75. The lowest BCUT2D eigenvalue weighted by atomic mass is 10.0. The molecule has 0 atom stereocenters. The zero-order valence-corrected chi connectivity index (χ0v) is 11.9. The molecule has 0 unspecified atom stereocenters. The number of esters is 2. The summed E-state index contributed by atoms with van der Waals surface area (Å²) in [6.45, 7) is 4.02. The first kappa shape index (κ1) is 16.0. The van der Waals surface area contributed by atoms with Crippen LogP contribution >= 0.6 is 0 Å². The van der Waals surface area contributed by atoms with Gasteiger partial charge >= 0.3 is 11.9 Å². The van der Waals surface area contributed by atoms with Crippen LogP contribution in [0.25, 0.3) is 0 Å². The van der Waals surface area contributed by atoms with E-state index in [1.807, 2.05) is 30.3 Å². The minimum Gasteiger partial charge on any atom is -0.463 e. The minimum atomic E-state index is -0.511. The number of hydrogen-bond acceptors (Lipinski definition) is 4. The second kappa shape index (κ2) is 8.91. The Hall–Kier alpha value is -2.10. The molecule has 0 aliphatic carbocycles. The smallest absolute Gasteiger partial charge is 0.334 e. The van der Waals surface area contributed by atoms with E-state index in [0.29, 0.717) is 18.4 Å². The Bertz CT molecular complexity index is 463. The van der Waals surface area contributed by atoms with Crippen LogP contribution in [0.1, 0.15) is 25.8 Å². The SMILES string of the molecule is CCOC(=O)/C=C(\CCc1ccccc1)C(=O)OCC. The van der Waals surface area contributed by atoms with E-state index in [0.717, 1.165) is 5.56 Å². The van der Waals surface area contributed by atoms with Crippen LogP contribution < -0.4 is 0 Å². The summed E-state index contributed by atoms with van der Waals surface area (Å²) in [5.74, 6) is -0.972. The fraction of sp³-hybridized carbons (Fsp3) is 0.375. The lowest BCUT2D eigenvalue weighted by molar-refractivity contribution is -0.141. The summed E-state index contributed by atoms with van der Waals surface area (Å²) < 4.78 is 9.79. The van der Waals surface area contributed by atoms with Crippen molar-refractivity contribution in [1.82, 2.24) is 0 Å². The van der Waals surface area contributed by atoms with Crippen molar-refractivity contribution in [2.24, 2.45) is 0 Å². The van der Waals surface area contributed by atoms with Gasteiger partial charge in [0.05, 0.1) is 13.2 Å². The molecule has 1 rings (SSSR count). The number of rotatable bonds is 7. The van der Waals surface area contributed by atoms with Crippen LogP contribution in [0.3, 0.4) is 0 Å². The second-order valence-corrected chi connectivity index (χ2v) is 4.13. The molecule has 0 saturated heterocycles. The first-order valence-corrected chi connectivity index (χ1v) is 6.75. The van der Waals surface area contributed by atoms with Crippen molar-refractivity contribution < 1.29 is 19.1 Å². The fourth-order valence-corrected chi connectivity index (χ4v) is 1.71. The zero-order valence-electron chi connectivity index (χ0n) is 11.9. The molecule has 0 fully saturated rings. The van der Waals surface area contributed by atoms with Crippen molar-refractivity contribution in [3.8, 4) is 0 Å². The third-order valence-corrected chi connectivity index (χ3v) is 2.64. The summed E-state index contributed by atoms with van der Waals surface area (Å²) in [5.41, 5.74) is 1.45. The molecule has 0 aliphatic heterocycles. The van der Waals surface area contributed by atoms with Crippen LogP contribution in [0.4, 0.5) is 0 Å². The maximum absolute atomic E-state index is 11.8. The highest BCUT2D eigenvalue weighted by Gasteiger charge is 2.13. The van der Waals surface area contributed by atoms with Gasteiger partial charge in [0.15, 0.2) is 0 Å². The van der Waals surface area contributed by atoms with E-state index in [1.54, 1.807) is 13.8 Å². The summed E-state index contributed by atoms with van der Waals surface area (Å²) >= 11 is 0. The highest BCUT2D eigenvalue weighted by molar-refractivity contribution is 5.96. The van der Waals surface area contributed by atoms with Gasteiger partial charge in [-0.05, 0) is 32.3 Å². The van der Waals surface area contributed by atoms with E-state index < -0.39 is 11.9 Å². The van der Waals surface area contributed by atoms with Crippen molar-refractivity contribution >= 4 is 11.9 Å². The Morgan fingerprint density at radius 3 is 2.30 bits per heavy atom. The molecule has 4 heteroatoms. The predicted octanol–water partition coefficient (Wildman–Crippen LogP) is 2.67. The third-order valence-electron chi connectivity index (χ3n) is 2.64. The average Bonchev–Trinajstić information content (AvgIpc) is 2.45. The van der Waals surface area contributed by atoms with E-state index >= 15 is 0 Å². The van der Waals surface area contributed by atoms with Gasteiger partial charge in [-0.1, -0.05) is 30.3 Å². The lowest BCUT2D eigenvalue weighted by Gasteiger charge is -2.07. The molecular weight excluding hydrogens is 256 g/mol. The Kier molecular flexibility index (Phi) is 7.11. The summed E-state index contributed by atoms with van der Waals surface area (Å²) in [6, 6.07) is 9.77. The molecule has 0 radical (unpaired) electrons. The molecule has 0 aliphatic rings. The Morgan fingerprint density at radius 1 is 1.05 bits per heavy atom. The molecule has 0 saturated carbocycles. The monoisotopic (exact) mass is 276 g/mol. The van der Waals surface area contributed by atoms with E-state index in [-0.39, 0.29) is 13.2 Å². The van der Waals surface area contributed by atoms with Crippen LogP contribution in [0, 0.1) is 0 Å². The van der Waals surface area contributed by atoms with E-state index in [9.17, 15) is 9.59 Å². The Morgan fingerprint density at radius 2 is 1.70 bits per heavy atom. The van der Waals surface area contributed by atoms with Gasteiger partial charge in [-0.25, -0.2) is 9.59 Å². The number of hydrogen-bond donors (Lipinski definition) is 0. The number of carbonyl (C=O) groups is 2. The number of aryl methyl sites for hydroxylation is 1. The van der Waals surface area contributed by atoms with Crippen molar-refractivity contribution in [1.29, 1.82) is 0 Å². The van der Waals surface area contributed by atoms with E-state index in [4.69, 9.17) is 9.47 Å². The van der Waals surface area contributed by atoms with Gasteiger partial charge < -0.3 is 9.47 Å². The van der Waals surface area contributed by atoms with Crippen LogP contribution in [0.2, 0.25) is 0 Å². The normalized spacial score (nSPS) is 11.0. The standard InChI is InChI=1S/C16H20O4/c1-3-19-15(17)12-14(16(18)20-4-2)11-10-13-8-6-5-7-9-13/h5-9,12H,3-4,10-11H2,1-2H3/b14-12+. The first-order chi connectivity index (χ1) is 9.67. The van der Waals surface area contributed by atoms with Crippen LogP contribution in [0.5, 0.6) is 0 Å². The van der Waals surface area contributed by atoms with Crippen molar-refractivity contribution in [2.45, 2.75) is 26.7 Å². The summed E-state index contributed by atoms with van der Waals surface area (Å²) in [5, 5.41) is 0. The van der Waals surface area contributed by atoms with Crippen molar-refractivity contribution in [3.63, 3.8) is 0 Å². The maximum Gasteiger partial charge on any atom is 0.334 e. The van der Waals surface area contributed by atoms with Gasteiger partial charge in [-0.2, -0.15) is 0 Å². The number of ether oxygens (including phenoxy) is 2. The fourth-order valence-electron chi connectivity index (χ4n) is 1.71. The third kappa shape index (κ3) is 5.69. The lowest BCUT2D eigenvalue weighted by Crippen LogP contribution is -2.12. The molecule has 0 aromatic heterocycles. The molecule has 0 amide bonds. The van der Waals surface area contributed by atoms with Gasteiger partial charge in [0, 0.05) is 11.6 Å². The maximum atomic E-state index is 11.8. The topological polar surface area (TPSA) is 52.6 Å². The van der Waals surface area contributed by atoms with E-state index in [1.165, 1.54) is 6.08 Å². The minimum absolute atomic E-state index is 0.282. The Labute approximate surface area is 119 Å². The van der Waals surface area contributed by atoms with Gasteiger partial charge in [-0.15, -0.1) is 0 Å². The molecule has 0 N–H and O–H groups in total. The molecule has 0 spiro atoms. The van der Waals surface area contributed by atoms with Gasteiger partial charge in [-0.3, -0.25) is 0 Å². The van der Waals surface area contributed by atoms with Crippen molar-refractivity contribution in [2.75, 3.05) is 13.2 Å². The molecule has 108 valence electrons. The Balaban J connectivity index is 2.72. The highest BCUT2D eigenvalue weighted by atomic mass is 16.5. The highest BCUT2D eigenvalue weighted by Crippen LogP contribution is 2.11. The predicted molar refractivity (Wildman–Crippen MR) is 76.1 cm³/mol. The quantitative estimate of drug-likeness (QED) is 0.567. The molecule has 0 heterocycles. The van der Waals surface area contributed by atoms with Gasteiger partial charge in [0.2, 0.25) is 0 Å². The molecule has 0 bridgehead atoms. The molecule has 1 aromatic rings. The van der Waals surface area contributed by atoms with Crippen molar-refractivity contribution in [3.05, 3.63) is 47.5 Å². The molecular formula is C16H20O4. The number of benzene rings is 1. The van der Waals surface area contributed by atoms with Crippen LogP contribution in [-0.2, 0) is 25.5 Å². The van der Waals surface area contributed by atoms with E-state index in [2.05, 4.69) is 0 Å². The van der Waals surface area contributed by atoms with Gasteiger partial charge in [0.25, 0.3) is 0 Å². The summed E-state index contributed by atoms with van der Waals surface area (Å²) in [6.07, 6.45) is 2.34. The van der Waals surface area contributed by atoms with Crippen LogP contribution in [0.15, 0.2) is 42.0 Å². The largest absolute Gasteiger partial charge is 0.463 e. The summed E-state index contributed by atoms with van der Waals surface area (Å²) in [7, 11) is 0. The van der Waals surface area contributed by atoms with Crippen LogP contribution in [-0.4, -0.2) is 25.2 Å². The second-order valence-electron chi connectivity index (χ2n) is 4.13.